The molecular weight excluding hydrogens is 193 g/mol. The van der Waals surface area contributed by atoms with Crippen molar-refractivity contribution in [3.05, 3.63) is 35.1 Å². The number of hydrogen-bond acceptors (Lipinski definition) is 2. The first-order valence-corrected chi connectivity index (χ1v) is 5.45. The van der Waals surface area contributed by atoms with Crippen molar-refractivity contribution in [3.63, 3.8) is 0 Å². The Labute approximate surface area is 88.4 Å². The third-order valence-corrected chi connectivity index (χ3v) is 3.26. The van der Waals surface area contributed by atoms with Gasteiger partial charge in [0.2, 0.25) is 0 Å². The highest BCUT2D eigenvalue weighted by atomic mass is 19.1. The summed E-state index contributed by atoms with van der Waals surface area (Å²) in [6.07, 6.45) is 2.06. The van der Waals surface area contributed by atoms with Crippen LogP contribution in [0.4, 0.5) is 4.39 Å². The Kier molecular flexibility index (Phi) is 2.22. The van der Waals surface area contributed by atoms with Crippen molar-refractivity contribution < 1.29 is 9.13 Å². The molecule has 15 heavy (non-hydrogen) atoms. The fourth-order valence-corrected chi connectivity index (χ4v) is 2.38. The molecule has 80 valence electrons. The third kappa shape index (κ3) is 1.66. The predicted molar refractivity (Wildman–Crippen MR) is 55.2 cm³/mol. The Morgan fingerprint density at radius 1 is 1.33 bits per heavy atom. The molecule has 2 aliphatic rings. The Morgan fingerprint density at radius 3 is 2.93 bits per heavy atom. The van der Waals surface area contributed by atoms with Crippen molar-refractivity contribution in [1.29, 1.82) is 0 Å². The minimum absolute atomic E-state index is 0.124. The number of ether oxygens (including phenoxy) is 1. The van der Waals surface area contributed by atoms with Gasteiger partial charge in [0.1, 0.15) is 5.82 Å². The number of fused-ring (bicyclic) bond motifs is 1. The molecule has 1 aromatic carbocycles. The third-order valence-electron chi connectivity index (χ3n) is 3.26. The van der Waals surface area contributed by atoms with E-state index in [1.54, 1.807) is 12.1 Å². The van der Waals surface area contributed by atoms with Gasteiger partial charge in [-0.25, -0.2) is 4.39 Å². The predicted octanol–water partition coefficient (Wildman–Crippen LogP) is 1.80. The lowest BCUT2D eigenvalue weighted by Crippen LogP contribution is -2.46. The van der Waals surface area contributed by atoms with E-state index in [2.05, 4.69) is 5.32 Å². The summed E-state index contributed by atoms with van der Waals surface area (Å²) in [6, 6.07) is 6.01. The van der Waals surface area contributed by atoms with Crippen LogP contribution < -0.4 is 5.32 Å². The van der Waals surface area contributed by atoms with Gasteiger partial charge in [-0.05, 0) is 36.1 Å². The van der Waals surface area contributed by atoms with Crippen LogP contribution in [0.5, 0.6) is 0 Å². The van der Waals surface area contributed by atoms with E-state index in [1.165, 1.54) is 5.56 Å². The zero-order valence-electron chi connectivity index (χ0n) is 8.50. The Morgan fingerprint density at radius 2 is 2.20 bits per heavy atom. The molecule has 1 aliphatic heterocycles. The van der Waals surface area contributed by atoms with E-state index in [4.69, 9.17) is 4.74 Å². The number of aryl methyl sites for hydroxylation is 1. The van der Waals surface area contributed by atoms with Crippen LogP contribution in [0, 0.1) is 5.82 Å². The maximum atomic E-state index is 13.0. The number of halogens is 1. The van der Waals surface area contributed by atoms with Gasteiger partial charge in [0, 0.05) is 6.04 Å². The van der Waals surface area contributed by atoms with E-state index in [1.807, 2.05) is 6.07 Å². The van der Waals surface area contributed by atoms with Crippen molar-refractivity contribution in [2.24, 2.45) is 0 Å². The van der Waals surface area contributed by atoms with Gasteiger partial charge in [0.15, 0.2) is 0 Å². The molecule has 1 atom stereocenters. The Hall–Kier alpha value is -0.930. The Balaban J connectivity index is 1.78. The first kappa shape index (κ1) is 9.31. The van der Waals surface area contributed by atoms with Gasteiger partial charge < -0.3 is 10.1 Å². The fourth-order valence-electron chi connectivity index (χ4n) is 2.38. The van der Waals surface area contributed by atoms with Crippen LogP contribution in [-0.2, 0) is 11.2 Å². The number of rotatable bonds is 2. The highest BCUT2D eigenvalue weighted by molar-refractivity contribution is 5.35. The van der Waals surface area contributed by atoms with E-state index >= 15 is 0 Å². The summed E-state index contributed by atoms with van der Waals surface area (Å²) in [5.74, 6) is -0.124. The largest absolute Gasteiger partial charge is 0.378 e. The smallest absolute Gasteiger partial charge is 0.123 e. The molecular formula is C12H14FNO. The first-order valence-electron chi connectivity index (χ1n) is 5.45. The lowest BCUT2D eigenvalue weighted by molar-refractivity contribution is -0.0100. The SMILES string of the molecule is Fc1ccc2c(c1)CCC2NC1COC1. The average Bonchev–Trinajstić information content (AvgIpc) is 2.54. The second-order valence-electron chi connectivity index (χ2n) is 4.34. The first-order chi connectivity index (χ1) is 7.33. The topological polar surface area (TPSA) is 21.3 Å². The summed E-state index contributed by atoms with van der Waals surface area (Å²) in [5.41, 5.74) is 2.43. The van der Waals surface area contributed by atoms with Crippen LogP contribution in [0.2, 0.25) is 0 Å². The normalized spacial score (nSPS) is 25.0. The summed E-state index contributed by atoms with van der Waals surface area (Å²) < 4.78 is 18.1. The summed E-state index contributed by atoms with van der Waals surface area (Å²) in [7, 11) is 0. The van der Waals surface area contributed by atoms with Crippen LogP contribution in [0.1, 0.15) is 23.6 Å². The molecule has 0 spiro atoms. The minimum Gasteiger partial charge on any atom is -0.378 e. The number of hydrogen-bond donors (Lipinski definition) is 1. The second kappa shape index (κ2) is 3.58. The number of nitrogens with one attached hydrogen (secondary N) is 1. The van der Waals surface area contributed by atoms with E-state index in [0.29, 0.717) is 12.1 Å². The number of benzene rings is 1. The highest BCUT2D eigenvalue weighted by Gasteiger charge is 2.27. The van der Waals surface area contributed by atoms with E-state index in [0.717, 1.165) is 31.6 Å². The molecule has 1 fully saturated rings. The van der Waals surface area contributed by atoms with Gasteiger partial charge in [0.25, 0.3) is 0 Å². The molecule has 3 rings (SSSR count). The lowest BCUT2D eigenvalue weighted by atomic mass is 10.1. The molecule has 0 saturated carbocycles. The molecule has 3 heteroatoms. The lowest BCUT2D eigenvalue weighted by Gasteiger charge is -2.30. The molecule has 1 N–H and O–H groups in total. The standard InChI is InChI=1S/C12H14FNO/c13-9-2-3-11-8(5-9)1-4-12(11)14-10-6-15-7-10/h2-3,5,10,12,14H,1,4,6-7H2. The quantitative estimate of drug-likeness (QED) is 0.798. The van der Waals surface area contributed by atoms with Crippen molar-refractivity contribution in [1.82, 2.24) is 5.32 Å². The molecule has 0 aromatic heterocycles. The maximum absolute atomic E-state index is 13.0. The molecule has 1 unspecified atom stereocenters. The molecule has 1 saturated heterocycles. The van der Waals surface area contributed by atoms with Crippen molar-refractivity contribution in [3.8, 4) is 0 Å². The zero-order valence-corrected chi connectivity index (χ0v) is 8.50. The van der Waals surface area contributed by atoms with E-state index < -0.39 is 0 Å². The van der Waals surface area contributed by atoms with E-state index in [9.17, 15) is 4.39 Å². The Bertz CT molecular complexity index is 376. The zero-order chi connectivity index (χ0) is 10.3. The monoisotopic (exact) mass is 207 g/mol. The van der Waals surface area contributed by atoms with Crippen molar-refractivity contribution in [2.75, 3.05) is 13.2 Å². The average molecular weight is 207 g/mol. The fraction of sp³-hybridized carbons (Fsp3) is 0.500. The van der Waals surface area contributed by atoms with Gasteiger partial charge in [-0.15, -0.1) is 0 Å². The van der Waals surface area contributed by atoms with Crippen LogP contribution in [-0.4, -0.2) is 19.3 Å². The van der Waals surface area contributed by atoms with Gasteiger partial charge in [0.05, 0.1) is 19.3 Å². The molecule has 1 heterocycles. The van der Waals surface area contributed by atoms with Gasteiger partial charge in [-0.2, -0.15) is 0 Å². The van der Waals surface area contributed by atoms with Crippen LogP contribution in [0.3, 0.4) is 0 Å². The minimum atomic E-state index is -0.124. The molecule has 0 bridgehead atoms. The van der Waals surface area contributed by atoms with E-state index in [-0.39, 0.29) is 5.82 Å². The second-order valence-corrected chi connectivity index (χ2v) is 4.34. The molecule has 1 aliphatic carbocycles. The summed E-state index contributed by atoms with van der Waals surface area (Å²) in [5, 5.41) is 3.54. The van der Waals surface area contributed by atoms with Crippen molar-refractivity contribution >= 4 is 0 Å². The summed E-state index contributed by atoms with van der Waals surface area (Å²) in [6.45, 7) is 1.63. The van der Waals surface area contributed by atoms with Crippen molar-refractivity contribution in [2.45, 2.75) is 24.9 Å². The van der Waals surface area contributed by atoms with Crippen LogP contribution >= 0.6 is 0 Å². The molecule has 0 amide bonds. The molecule has 0 radical (unpaired) electrons. The van der Waals surface area contributed by atoms with Gasteiger partial charge in [-0.1, -0.05) is 6.07 Å². The van der Waals surface area contributed by atoms with Gasteiger partial charge in [-0.3, -0.25) is 0 Å². The molecule has 1 aromatic rings. The maximum Gasteiger partial charge on any atom is 0.123 e. The summed E-state index contributed by atoms with van der Waals surface area (Å²) >= 11 is 0. The van der Waals surface area contributed by atoms with Crippen LogP contribution in [0.15, 0.2) is 18.2 Å². The summed E-state index contributed by atoms with van der Waals surface area (Å²) in [4.78, 5) is 0. The van der Waals surface area contributed by atoms with Crippen LogP contribution in [0.25, 0.3) is 0 Å². The highest BCUT2D eigenvalue weighted by Crippen LogP contribution is 2.32. The molecule has 2 nitrogen and oxygen atoms in total. The van der Waals surface area contributed by atoms with Gasteiger partial charge >= 0.3 is 0 Å².